The molecule has 0 atom stereocenters. The zero-order valence-electron chi connectivity index (χ0n) is 15.3. The molecule has 148 valence electrons. The Kier molecular flexibility index (Phi) is 4.59. The van der Waals surface area contributed by atoms with Crippen molar-refractivity contribution in [1.82, 2.24) is 24.9 Å². The third-order valence-electron chi connectivity index (χ3n) is 4.52. The number of hydrogen-bond acceptors (Lipinski definition) is 5. The van der Waals surface area contributed by atoms with Crippen LogP contribution in [0.4, 0.5) is 8.78 Å². The molecule has 0 amide bonds. The van der Waals surface area contributed by atoms with Crippen LogP contribution < -0.4 is 0 Å². The van der Waals surface area contributed by atoms with Crippen molar-refractivity contribution in [2.75, 3.05) is 0 Å². The van der Waals surface area contributed by atoms with Crippen molar-refractivity contribution in [2.24, 2.45) is 0 Å². The fourth-order valence-electron chi connectivity index (χ4n) is 3.05. The van der Waals surface area contributed by atoms with Crippen molar-refractivity contribution in [3.63, 3.8) is 0 Å². The zero-order chi connectivity index (χ0) is 20.7. The van der Waals surface area contributed by atoms with Crippen molar-refractivity contribution in [3.05, 3.63) is 82.8 Å². The summed E-state index contributed by atoms with van der Waals surface area (Å²) in [5, 5.41) is 8.39. The van der Waals surface area contributed by atoms with Crippen molar-refractivity contribution < 1.29 is 13.3 Å². The molecule has 0 radical (unpaired) electrons. The number of fused-ring (bicyclic) bond motifs is 1. The molecule has 30 heavy (non-hydrogen) atoms. The lowest BCUT2D eigenvalue weighted by Crippen LogP contribution is -2.04. The van der Waals surface area contributed by atoms with Gasteiger partial charge in [0.2, 0.25) is 0 Å². The second-order valence-electron chi connectivity index (χ2n) is 6.58. The van der Waals surface area contributed by atoms with Crippen molar-refractivity contribution in [2.45, 2.75) is 6.54 Å². The number of benzene rings is 2. The van der Waals surface area contributed by atoms with Gasteiger partial charge in [-0.1, -0.05) is 39.3 Å². The summed E-state index contributed by atoms with van der Waals surface area (Å²) < 4.78 is 35.6. The summed E-state index contributed by atoms with van der Waals surface area (Å²) in [7, 11) is 0. The Bertz CT molecular complexity index is 1320. The molecule has 9 heteroatoms. The van der Waals surface area contributed by atoms with Crippen LogP contribution in [-0.4, -0.2) is 24.9 Å². The van der Waals surface area contributed by atoms with Gasteiger partial charge in [0.1, 0.15) is 23.6 Å². The predicted octanol–water partition coefficient (Wildman–Crippen LogP) is 5.19. The van der Waals surface area contributed by atoms with Gasteiger partial charge in [0.15, 0.2) is 23.2 Å². The minimum atomic E-state index is -0.976. The van der Waals surface area contributed by atoms with Crippen LogP contribution in [0, 0.1) is 11.6 Å². The van der Waals surface area contributed by atoms with E-state index in [4.69, 9.17) is 4.52 Å². The molecule has 0 spiro atoms. The van der Waals surface area contributed by atoms with Gasteiger partial charge >= 0.3 is 0 Å². The normalized spacial score (nSPS) is 11.3. The Hall–Kier alpha value is -3.46. The van der Waals surface area contributed by atoms with E-state index in [1.807, 2.05) is 30.3 Å². The molecule has 0 unspecified atom stereocenters. The molecule has 2 aliphatic heterocycles. The third-order valence-corrected chi connectivity index (χ3v) is 5.05. The smallest absolute Gasteiger partial charge is 0.169 e. The maximum absolute atomic E-state index is 14.0. The SMILES string of the molecule is Fc1cccc(-c2nc3cnn(Cc4cc(-c5ccc(Br)cc5)no4)cc-3n2)c1F. The van der Waals surface area contributed by atoms with E-state index in [0.29, 0.717) is 23.7 Å². The molecule has 3 aromatic rings. The van der Waals surface area contributed by atoms with Gasteiger partial charge in [0, 0.05) is 16.1 Å². The molecular weight excluding hydrogens is 456 g/mol. The topological polar surface area (TPSA) is 69.6 Å². The molecule has 2 aromatic carbocycles. The van der Waals surface area contributed by atoms with Gasteiger partial charge in [-0.15, -0.1) is 0 Å². The second-order valence-corrected chi connectivity index (χ2v) is 7.49. The lowest BCUT2D eigenvalue weighted by Gasteiger charge is -2.03. The fraction of sp³-hybridized carbons (Fsp3) is 0.0476. The zero-order valence-corrected chi connectivity index (χ0v) is 16.8. The van der Waals surface area contributed by atoms with Crippen molar-refractivity contribution in [1.29, 1.82) is 0 Å². The lowest BCUT2D eigenvalue weighted by atomic mass is 10.1. The average molecular weight is 468 g/mol. The number of nitrogens with zero attached hydrogens (tertiary/aromatic N) is 5. The Morgan fingerprint density at radius 3 is 2.60 bits per heavy atom. The van der Waals surface area contributed by atoms with Gasteiger partial charge in [-0.05, 0) is 24.3 Å². The van der Waals surface area contributed by atoms with E-state index in [2.05, 4.69) is 36.2 Å². The van der Waals surface area contributed by atoms with Crippen LogP contribution in [0.3, 0.4) is 0 Å². The first-order valence-corrected chi connectivity index (χ1v) is 9.72. The van der Waals surface area contributed by atoms with E-state index >= 15 is 0 Å². The molecule has 0 bridgehead atoms. The number of imidazole rings is 1. The minimum absolute atomic E-state index is 0.00660. The number of aromatic nitrogens is 5. The largest absolute Gasteiger partial charge is 0.359 e. The molecular formula is C21H12BrF2N5O. The highest BCUT2D eigenvalue weighted by atomic mass is 79.9. The highest BCUT2D eigenvalue weighted by molar-refractivity contribution is 9.10. The van der Waals surface area contributed by atoms with Crippen LogP contribution in [0.15, 0.2) is 69.9 Å². The molecule has 2 aliphatic rings. The highest BCUT2D eigenvalue weighted by Crippen LogP contribution is 2.27. The number of halogens is 3. The molecule has 0 saturated heterocycles. The lowest BCUT2D eigenvalue weighted by molar-refractivity contribution is 0.372. The van der Waals surface area contributed by atoms with Gasteiger partial charge in [-0.2, -0.15) is 5.10 Å². The molecule has 3 heterocycles. The number of hydrogen-bond donors (Lipinski definition) is 0. The monoisotopic (exact) mass is 467 g/mol. The molecule has 5 rings (SSSR count). The summed E-state index contributed by atoms with van der Waals surface area (Å²) in [6, 6.07) is 13.5. The van der Waals surface area contributed by atoms with Crippen LogP contribution in [0.2, 0.25) is 0 Å². The first-order chi connectivity index (χ1) is 14.6. The first kappa shape index (κ1) is 18.6. The van der Waals surface area contributed by atoms with Gasteiger partial charge < -0.3 is 4.52 Å². The summed E-state index contributed by atoms with van der Waals surface area (Å²) in [6.45, 7) is 0.329. The first-order valence-electron chi connectivity index (χ1n) is 8.93. The maximum Gasteiger partial charge on any atom is 0.169 e. The van der Waals surface area contributed by atoms with E-state index < -0.39 is 11.6 Å². The predicted molar refractivity (Wildman–Crippen MR) is 109 cm³/mol. The van der Waals surface area contributed by atoms with E-state index in [1.165, 1.54) is 18.3 Å². The Labute approximate surface area is 177 Å². The van der Waals surface area contributed by atoms with E-state index in [-0.39, 0.29) is 11.4 Å². The molecule has 0 saturated carbocycles. The van der Waals surface area contributed by atoms with E-state index in [1.54, 1.807) is 10.9 Å². The molecule has 0 N–H and O–H groups in total. The molecule has 0 aliphatic carbocycles. The van der Waals surface area contributed by atoms with Crippen LogP contribution in [-0.2, 0) is 6.54 Å². The van der Waals surface area contributed by atoms with Gasteiger partial charge in [-0.3, -0.25) is 4.68 Å². The summed E-state index contributed by atoms with van der Waals surface area (Å²) in [6.07, 6.45) is 3.19. The van der Waals surface area contributed by atoms with Crippen LogP contribution >= 0.6 is 15.9 Å². The standard InChI is InChI=1S/C21H12BrF2N5O/c22-13-6-4-12(5-7-13)17-8-14(30-28-17)10-29-11-19-18(9-25-29)26-21(27-19)15-2-1-3-16(23)20(15)24/h1-9,11H,10H2. The van der Waals surface area contributed by atoms with Gasteiger partial charge in [-0.25, -0.2) is 18.7 Å². The molecule has 6 nitrogen and oxygen atoms in total. The summed E-state index contributed by atoms with van der Waals surface area (Å²) >= 11 is 3.41. The average Bonchev–Trinajstić information content (AvgIpc) is 3.37. The summed E-state index contributed by atoms with van der Waals surface area (Å²) in [5.74, 6) is -1.20. The Morgan fingerprint density at radius 2 is 1.77 bits per heavy atom. The van der Waals surface area contributed by atoms with Crippen molar-refractivity contribution in [3.8, 4) is 34.0 Å². The quantitative estimate of drug-likeness (QED) is 0.363. The van der Waals surface area contributed by atoms with Crippen molar-refractivity contribution >= 4 is 15.9 Å². The Morgan fingerprint density at radius 1 is 0.967 bits per heavy atom. The van der Waals surface area contributed by atoms with Crippen LogP contribution in [0.5, 0.6) is 0 Å². The molecule has 0 fully saturated rings. The van der Waals surface area contributed by atoms with Crippen LogP contribution in [0.1, 0.15) is 5.76 Å². The van der Waals surface area contributed by atoms with E-state index in [0.717, 1.165) is 21.8 Å². The van der Waals surface area contributed by atoms with E-state index in [9.17, 15) is 8.78 Å². The Balaban J connectivity index is 1.42. The summed E-state index contributed by atoms with van der Waals surface area (Å²) in [4.78, 5) is 8.57. The summed E-state index contributed by atoms with van der Waals surface area (Å²) in [5.41, 5.74) is 2.66. The third kappa shape index (κ3) is 3.48. The fourth-order valence-corrected chi connectivity index (χ4v) is 3.31. The minimum Gasteiger partial charge on any atom is -0.359 e. The van der Waals surface area contributed by atoms with Gasteiger partial charge in [0.05, 0.1) is 18.0 Å². The number of rotatable bonds is 4. The van der Waals surface area contributed by atoms with Crippen LogP contribution in [0.25, 0.3) is 34.0 Å². The maximum atomic E-state index is 14.0. The second kappa shape index (κ2) is 7.42. The highest BCUT2D eigenvalue weighted by Gasteiger charge is 2.18. The van der Waals surface area contributed by atoms with Gasteiger partial charge in [0.25, 0.3) is 0 Å². The molecule has 1 aromatic heterocycles.